The number of hydrogen-bond acceptors (Lipinski definition) is 4. The van der Waals surface area contributed by atoms with E-state index in [4.69, 9.17) is 4.42 Å². The molecule has 1 aromatic heterocycles. The van der Waals surface area contributed by atoms with Crippen LogP contribution in [0.15, 0.2) is 10.5 Å². The molecule has 1 aliphatic rings. The number of carbonyl (C=O) groups excluding carboxylic acids is 2. The molecule has 6 heteroatoms. The number of furan rings is 1. The molecule has 2 rings (SSSR count). The number of rotatable bonds is 5. The zero-order chi connectivity index (χ0) is 14.7. The van der Waals surface area contributed by atoms with Crippen LogP contribution in [-0.4, -0.2) is 25.2 Å². The summed E-state index contributed by atoms with van der Waals surface area (Å²) in [4.78, 5) is 23.1. The average molecular weight is 280 g/mol. The highest BCUT2D eigenvalue weighted by molar-refractivity contribution is 5.90. The molecule has 6 nitrogen and oxygen atoms in total. The van der Waals surface area contributed by atoms with Gasteiger partial charge in [-0.3, -0.25) is 0 Å². The van der Waals surface area contributed by atoms with Crippen LogP contribution < -0.4 is 10.6 Å². The van der Waals surface area contributed by atoms with Crippen molar-refractivity contribution in [3.63, 3.8) is 0 Å². The molecule has 1 aliphatic carbocycles. The SMILES string of the molecule is COC(=O)c1cc(CNC(=O)NC(C)C2CC2)oc1C. The average Bonchev–Trinajstić information content (AvgIpc) is 3.19. The predicted octanol–water partition coefficient (Wildman–Crippen LogP) is 1.97. The maximum Gasteiger partial charge on any atom is 0.341 e. The van der Waals surface area contributed by atoms with Crippen LogP contribution in [0.2, 0.25) is 0 Å². The van der Waals surface area contributed by atoms with Crippen LogP contribution in [0, 0.1) is 12.8 Å². The third-order valence-corrected chi connectivity index (χ3v) is 3.49. The first-order valence-corrected chi connectivity index (χ1v) is 6.73. The lowest BCUT2D eigenvalue weighted by molar-refractivity contribution is 0.0598. The van der Waals surface area contributed by atoms with Gasteiger partial charge in [-0.1, -0.05) is 0 Å². The smallest absolute Gasteiger partial charge is 0.341 e. The number of hydrogen-bond donors (Lipinski definition) is 2. The lowest BCUT2D eigenvalue weighted by Crippen LogP contribution is -2.41. The van der Waals surface area contributed by atoms with Crippen molar-refractivity contribution >= 4 is 12.0 Å². The van der Waals surface area contributed by atoms with E-state index in [0.29, 0.717) is 23.0 Å². The lowest BCUT2D eigenvalue weighted by Gasteiger charge is -2.12. The number of aryl methyl sites for hydroxylation is 1. The number of carbonyl (C=O) groups is 2. The Morgan fingerprint density at radius 2 is 2.20 bits per heavy atom. The number of methoxy groups -OCH3 is 1. The van der Waals surface area contributed by atoms with Gasteiger partial charge in [0.25, 0.3) is 0 Å². The molecule has 2 N–H and O–H groups in total. The fraction of sp³-hybridized carbons (Fsp3) is 0.571. The van der Waals surface area contributed by atoms with E-state index in [1.165, 1.54) is 20.0 Å². The molecule has 2 amide bonds. The fourth-order valence-corrected chi connectivity index (χ4v) is 2.08. The van der Waals surface area contributed by atoms with Gasteiger partial charge >= 0.3 is 12.0 Å². The first-order chi connectivity index (χ1) is 9.51. The van der Waals surface area contributed by atoms with Crippen molar-refractivity contribution in [1.29, 1.82) is 0 Å². The van der Waals surface area contributed by atoms with Crippen molar-refractivity contribution in [2.24, 2.45) is 5.92 Å². The Kier molecular flexibility index (Phi) is 4.32. The highest BCUT2D eigenvalue weighted by Crippen LogP contribution is 2.32. The molecule has 20 heavy (non-hydrogen) atoms. The molecule has 1 aromatic rings. The molecular weight excluding hydrogens is 260 g/mol. The van der Waals surface area contributed by atoms with Crippen LogP contribution in [0.1, 0.15) is 41.6 Å². The second-order valence-electron chi connectivity index (χ2n) is 5.13. The van der Waals surface area contributed by atoms with Crippen molar-refractivity contribution in [3.05, 3.63) is 23.2 Å². The zero-order valence-electron chi connectivity index (χ0n) is 12.0. The summed E-state index contributed by atoms with van der Waals surface area (Å²) >= 11 is 0. The van der Waals surface area contributed by atoms with E-state index < -0.39 is 5.97 Å². The molecule has 1 heterocycles. The molecule has 1 fully saturated rings. The molecule has 0 bridgehead atoms. The molecule has 0 aliphatic heterocycles. The van der Waals surface area contributed by atoms with Gasteiger partial charge in [-0.2, -0.15) is 0 Å². The number of esters is 1. The maximum atomic E-state index is 11.7. The van der Waals surface area contributed by atoms with Gasteiger partial charge in [-0.25, -0.2) is 9.59 Å². The first-order valence-electron chi connectivity index (χ1n) is 6.73. The lowest BCUT2D eigenvalue weighted by atomic mass is 10.2. The van der Waals surface area contributed by atoms with Crippen LogP contribution in [-0.2, 0) is 11.3 Å². The molecular formula is C14H20N2O4. The molecule has 0 saturated heterocycles. The minimum atomic E-state index is -0.440. The van der Waals surface area contributed by atoms with E-state index in [0.717, 1.165) is 0 Å². The minimum Gasteiger partial charge on any atom is -0.465 e. The van der Waals surface area contributed by atoms with Gasteiger partial charge in [0, 0.05) is 6.04 Å². The summed E-state index contributed by atoms with van der Waals surface area (Å²) in [5.41, 5.74) is 0.385. The topological polar surface area (TPSA) is 80.6 Å². The van der Waals surface area contributed by atoms with Crippen molar-refractivity contribution in [2.75, 3.05) is 7.11 Å². The summed E-state index contributed by atoms with van der Waals surface area (Å²) in [5.74, 6) is 1.18. The Hall–Kier alpha value is -1.98. The van der Waals surface area contributed by atoms with E-state index in [-0.39, 0.29) is 18.6 Å². The van der Waals surface area contributed by atoms with Crippen LogP contribution in [0.3, 0.4) is 0 Å². The summed E-state index contributed by atoms with van der Waals surface area (Å²) < 4.78 is 10.1. The molecule has 1 atom stereocenters. The third kappa shape index (κ3) is 3.53. The number of ether oxygens (including phenoxy) is 1. The van der Waals surface area contributed by atoms with Crippen LogP contribution >= 0.6 is 0 Å². The van der Waals surface area contributed by atoms with Gasteiger partial charge in [0.1, 0.15) is 17.1 Å². The van der Waals surface area contributed by atoms with E-state index >= 15 is 0 Å². The molecule has 0 radical (unpaired) electrons. The molecule has 0 aromatic carbocycles. The summed E-state index contributed by atoms with van der Waals surface area (Å²) in [6.45, 7) is 3.93. The Balaban J connectivity index is 1.84. The summed E-state index contributed by atoms with van der Waals surface area (Å²) in [6.07, 6.45) is 2.36. The number of amides is 2. The zero-order valence-corrected chi connectivity index (χ0v) is 12.0. The quantitative estimate of drug-likeness (QED) is 0.808. The second-order valence-corrected chi connectivity index (χ2v) is 5.13. The Labute approximate surface area is 117 Å². The number of nitrogens with one attached hydrogen (secondary N) is 2. The van der Waals surface area contributed by atoms with Gasteiger partial charge in [0.05, 0.1) is 13.7 Å². The van der Waals surface area contributed by atoms with Gasteiger partial charge in [-0.05, 0) is 38.7 Å². The van der Waals surface area contributed by atoms with Crippen LogP contribution in [0.5, 0.6) is 0 Å². The van der Waals surface area contributed by atoms with E-state index in [1.54, 1.807) is 13.0 Å². The van der Waals surface area contributed by atoms with Crippen molar-refractivity contribution in [2.45, 2.75) is 39.3 Å². The molecule has 0 spiro atoms. The highest BCUT2D eigenvalue weighted by Gasteiger charge is 2.28. The Bertz CT molecular complexity index is 505. The normalized spacial score (nSPS) is 15.6. The van der Waals surface area contributed by atoms with Crippen molar-refractivity contribution in [3.8, 4) is 0 Å². The van der Waals surface area contributed by atoms with Gasteiger partial charge in [0.15, 0.2) is 0 Å². The number of urea groups is 1. The summed E-state index contributed by atoms with van der Waals surface area (Å²) in [6, 6.07) is 1.56. The molecule has 1 unspecified atom stereocenters. The first kappa shape index (κ1) is 14.4. The standard InChI is InChI=1S/C14H20N2O4/c1-8(10-4-5-10)16-14(18)15-7-11-6-12(9(2)20-11)13(17)19-3/h6,8,10H,4-5,7H2,1-3H3,(H2,15,16,18). The van der Waals surface area contributed by atoms with Crippen LogP contribution in [0.25, 0.3) is 0 Å². The summed E-state index contributed by atoms with van der Waals surface area (Å²) in [5, 5.41) is 5.60. The third-order valence-electron chi connectivity index (χ3n) is 3.49. The highest BCUT2D eigenvalue weighted by atomic mass is 16.5. The largest absolute Gasteiger partial charge is 0.465 e. The minimum absolute atomic E-state index is 0.193. The van der Waals surface area contributed by atoms with Gasteiger partial charge in [-0.15, -0.1) is 0 Å². The van der Waals surface area contributed by atoms with Crippen LogP contribution in [0.4, 0.5) is 4.79 Å². The molecule has 1 saturated carbocycles. The predicted molar refractivity (Wildman–Crippen MR) is 72.3 cm³/mol. The van der Waals surface area contributed by atoms with E-state index in [2.05, 4.69) is 15.4 Å². The van der Waals surface area contributed by atoms with Gasteiger partial charge < -0.3 is 19.8 Å². The second kappa shape index (κ2) is 5.98. The maximum absolute atomic E-state index is 11.7. The van der Waals surface area contributed by atoms with E-state index in [1.807, 2.05) is 6.92 Å². The van der Waals surface area contributed by atoms with Crippen molar-refractivity contribution < 1.29 is 18.7 Å². The fourth-order valence-electron chi connectivity index (χ4n) is 2.08. The molecule has 110 valence electrons. The van der Waals surface area contributed by atoms with E-state index in [9.17, 15) is 9.59 Å². The summed E-state index contributed by atoms with van der Waals surface area (Å²) in [7, 11) is 1.32. The Morgan fingerprint density at radius 3 is 2.80 bits per heavy atom. The van der Waals surface area contributed by atoms with Gasteiger partial charge in [0.2, 0.25) is 0 Å². The monoisotopic (exact) mass is 280 g/mol. The Morgan fingerprint density at radius 1 is 1.50 bits per heavy atom. The van der Waals surface area contributed by atoms with Crippen molar-refractivity contribution in [1.82, 2.24) is 10.6 Å².